The van der Waals surface area contributed by atoms with Crippen molar-refractivity contribution in [2.75, 3.05) is 7.05 Å². The van der Waals surface area contributed by atoms with Crippen LogP contribution in [0.25, 0.3) is 5.82 Å². The molecule has 0 spiro atoms. The summed E-state index contributed by atoms with van der Waals surface area (Å²) in [6, 6.07) is 4.25. The number of rotatable bonds is 5. The summed E-state index contributed by atoms with van der Waals surface area (Å²) in [4.78, 5) is 4.54. The molecule has 2 rings (SSSR count). The van der Waals surface area contributed by atoms with Gasteiger partial charge >= 0.3 is 0 Å². The molecular weight excluding hydrogens is 304 g/mol. The number of halogens is 1. The van der Waals surface area contributed by atoms with E-state index < -0.39 is 0 Å². The van der Waals surface area contributed by atoms with Gasteiger partial charge in [0.1, 0.15) is 0 Å². The van der Waals surface area contributed by atoms with Gasteiger partial charge in [-0.1, -0.05) is 13.8 Å². The van der Waals surface area contributed by atoms with Crippen LogP contribution in [-0.2, 0) is 19.4 Å². The van der Waals surface area contributed by atoms with Crippen LogP contribution in [-0.4, -0.2) is 21.8 Å². The van der Waals surface area contributed by atoms with E-state index in [1.807, 2.05) is 17.9 Å². The Kier molecular flexibility index (Phi) is 4.71. The Morgan fingerprint density at radius 2 is 2.05 bits per heavy atom. The average molecular weight is 323 g/mol. The van der Waals surface area contributed by atoms with E-state index in [0.717, 1.165) is 40.9 Å². The van der Waals surface area contributed by atoms with Gasteiger partial charge in [-0.2, -0.15) is 5.10 Å². The molecule has 0 saturated heterocycles. The average Bonchev–Trinajstić information content (AvgIpc) is 2.82. The standard InChI is InChI=1S/C14H19BrN4/c1-4-12-7-13(5-2)19(18-12)14-10(8-16-3)6-11(15)9-17-14/h6-7,9,16H,4-5,8H2,1-3H3. The number of nitrogens with one attached hydrogen (secondary N) is 1. The Morgan fingerprint density at radius 1 is 1.26 bits per heavy atom. The summed E-state index contributed by atoms with van der Waals surface area (Å²) < 4.78 is 2.96. The van der Waals surface area contributed by atoms with Crippen molar-refractivity contribution in [1.29, 1.82) is 0 Å². The second-order valence-corrected chi connectivity index (χ2v) is 5.33. The van der Waals surface area contributed by atoms with Crippen LogP contribution in [0.2, 0.25) is 0 Å². The van der Waals surface area contributed by atoms with E-state index in [4.69, 9.17) is 0 Å². The van der Waals surface area contributed by atoms with Gasteiger partial charge in [0.05, 0.1) is 5.69 Å². The first-order valence-corrected chi connectivity index (χ1v) is 7.36. The van der Waals surface area contributed by atoms with Crippen LogP contribution in [0, 0.1) is 0 Å². The maximum absolute atomic E-state index is 4.65. The van der Waals surface area contributed by atoms with E-state index in [-0.39, 0.29) is 0 Å². The van der Waals surface area contributed by atoms with Gasteiger partial charge in [0.15, 0.2) is 5.82 Å². The summed E-state index contributed by atoms with van der Waals surface area (Å²) in [6.07, 6.45) is 3.71. The van der Waals surface area contributed by atoms with Crippen molar-refractivity contribution < 1.29 is 0 Å². The molecule has 0 aliphatic heterocycles. The predicted octanol–water partition coefficient (Wildman–Crippen LogP) is 2.87. The number of hydrogen-bond acceptors (Lipinski definition) is 3. The van der Waals surface area contributed by atoms with Crippen molar-refractivity contribution >= 4 is 15.9 Å². The Labute approximate surface area is 122 Å². The highest BCUT2D eigenvalue weighted by Gasteiger charge is 2.12. The Hall–Kier alpha value is -1.20. The normalized spacial score (nSPS) is 10.9. The van der Waals surface area contributed by atoms with Crippen LogP contribution in [0.5, 0.6) is 0 Å². The van der Waals surface area contributed by atoms with Crippen LogP contribution >= 0.6 is 15.9 Å². The summed E-state index contributed by atoms with van der Waals surface area (Å²) in [5.74, 6) is 0.911. The molecule has 0 aliphatic carbocycles. The Morgan fingerprint density at radius 3 is 2.68 bits per heavy atom. The summed E-state index contributed by atoms with van der Waals surface area (Å²) in [7, 11) is 1.94. The Bertz CT molecular complexity index is 563. The number of pyridine rings is 1. The lowest BCUT2D eigenvalue weighted by Gasteiger charge is -2.11. The van der Waals surface area contributed by atoms with Crippen molar-refractivity contribution in [3.8, 4) is 5.82 Å². The minimum atomic E-state index is 0.770. The third kappa shape index (κ3) is 3.04. The maximum Gasteiger partial charge on any atom is 0.158 e. The smallest absolute Gasteiger partial charge is 0.158 e. The van der Waals surface area contributed by atoms with Gasteiger partial charge in [-0.3, -0.25) is 0 Å². The van der Waals surface area contributed by atoms with E-state index >= 15 is 0 Å². The molecule has 19 heavy (non-hydrogen) atoms. The molecule has 102 valence electrons. The van der Waals surface area contributed by atoms with Gasteiger partial charge in [-0.05, 0) is 48.0 Å². The zero-order chi connectivity index (χ0) is 13.8. The van der Waals surface area contributed by atoms with Gasteiger partial charge in [-0.25, -0.2) is 9.67 Å². The molecule has 2 heterocycles. The molecule has 5 heteroatoms. The first-order chi connectivity index (χ1) is 9.19. The summed E-state index contributed by atoms with van der Waals surface area (Å²) in [6.45, 7) is 5.03. The summed E-state index contributed by atoms with van der Waals surface area (Å²) in [5, 5.41) is 7.83. The number of hydrogen-bond donors (Lipinski definition) is 1. The summed E-state index contributed by atoms with van der Waals surface area (Å²) in [5.41, 5.74) is 3.44. The molecule has 0 aliphatic rings. The highest BCUT2D eigenvalue weighted by Crippen LogP contribution is 2.19. The molecule has 0 unspecified atom stereocenters. The van der Waals surface area contributed by atoms with Crippen molar-refractivity contribution in [2.45, 2.75) is 33.2 Å². The van der Waals surface area contributed by atoms with E-state index in [9.17, 15) is 0 Å². The summed E-state index contributed by atoms with van der Waals surface area (Å²) >= 11 is 3.47. The fraction of sp³-hybridized carbons (Fsp3) is 0.429. The minimum Gasteiger partial charge on any atom is -0.316 e. The number of aryl methyl sites for hydroxylation is 2. The Balaban J connectivity index is 2.53. The topological polar surface area (TPSA) is 42.7 Å². The van der Waals surface area contributed by atoms with Crippen molar-refractivity contribution in [2.24, 2.45) is 0 Å². The van der Waals surface area contributed by atoms with Crippen LogP contribution in [0.15, 0.2) is 22.8 Å². The molecule has 2 aromatic heterocycles. The zero-order valence-electron chi connectivity index (χ0n) is 11.6. The molecule has 4 nitrogen and oxygen atoms in total. The maximum atomic E-state index is 4.65. The lowest BCUT2D eigenvalue weighted by Crippen LogP contribution is -2.13. The third-order valence-corrected chi connectivity index (χ3v) is 3.47. The highest BCUT2D eigenvalue weighted by atomic mass is 79.9. The first kappa shape index (κ1) is 14.2. The van der Waals surface area contributed by atoms with Gasteiger partial charge in [0, 0.05) is 28.5 Å². The minimum absolute atomic E-state index is 0.770. The van der Waals surface area contributed by atoms with Crippen LogP contribution in [0.1, 0.15) is 30.8 Å². The number of nitrogens with zero attached hydrogens (tertiary/aromatic N) is 3. The quantitative estimate of drug-likeness (QED) is 0.920. The fourth-order valence-electron chi connectivity index (χ4n) is 2.07. The monoisotopic (exact) mass is 322 g/mol. The first-order valence-electron chi connectivity index (χ1n) is 6.56. The van der Waals surface area contributed by atoms with E-state index in [0.29, 0.717) is 0 Å². The highest BCUT2D eigenvalue weighted by molar-refractivity contribution is 9.10. The van der Waals surface area contributed by atoms with E-state index in [2.05, 4.69) is 57.3 Å². The third-order valence-electron chi connectivity index (χ3n) is 3.04. The van der Waals surface area contributed by atoms with Crippen LogP contribution in [0.3, 0.4) is 0 Å². The van der Waals surface area contributed by atoms with Gasteiger partial charge in [0.2, 0.25) is 0 Å². The molecule has 0 amide bonds. The van der Waals surface area contributed by atoms with Crippen molar-refractivity contribution in [1.82, 2.24) is 20.1 Å². The zero-order valence-corrected chi connectivity index (χ0v) is 13.2. The largest absolute Gasteiger partial charge is 0.316 e. The molecule has 0 aromatic carbocycles. The van der Waals surface area contributed by atoms with Crippen molar-refractivity contribution in [3.63, 3.8) is 0 Å². The predicted molar refractivity (Wildman–Crippen MR) is 80.6 cm³/mol. The molecule has 0 fully saturated rings. The SMILES string of the molecule is CCc1cc(CC)n(-c2ncc(Br)cc2CNC)n1. The second kappa shape index (κ2) is 6.30. The lowest BCUT2D eigenvalue weighted by molar-refractivity contribution is 0.737. The van der Waals surface area contributed by atoms with E-state index in [1.54, 1.807) is 0 Å². The second-order valence-electron chi connectivity index (χ2n) is 4.41. The van der Waals surface area contributed by atoms with E-state index in [1.165, 1.54) is 5.69 Å². The molecule has 0 radical (unpaired) electrons. The van der Waals surface area contributed by atoms with Crippen LogP contribution < -0.4 is 5.32 Å². The van der Waals surface area contributed by atoms with Crippen LogP contribution in [0.4, 0.5) is 0 Å². The van der Waals surface area contributed by atoms with Gasteiger partial charge < -0.3 is 5.32 Å². The van der Waals surface area contributed by atoms with Crippen molar-refractivity contribution in [3.05, 3.63) is 39.8 Å². The molecule has 0 saturated carbocycles. The van der Waals surface area contributed by atoms with Gasteiger partial charge in [0.25, 0.3) is 0 Å². The number of aromatic nitrogens is 3. The molecule has 1 N–H and O–H groups in total. The molecule has 0 atom stereocenters. The van der Waals surface area contributed by atoms with Gasteiger partial charge in [-0.15, -0.1) is 0 Å². The molecule has 0 bridgehead atoms. The molecule has 2 aromatic rings. The lowest BCUT2D eigenvalue weighted by atomic mass is 10.2. The fourth-order valence-corrected chi connectivity index (χ4v) is 2.45. The molecular formula is C14H19BrN4.